The molecule has 0 aliphatic carbocycles. The zero-order valence-corrected chi connectivity index (χ0v) is 11.0. The van der Waals surface area contributed by atoms with Gasteiger partial charge in [-0.3, -0.25) is 4.39 Å². The Balaban J connectivity index is 3.32. The first-order chi connectivity index (χ1) is 7.41. The van der Waals surface area contributed by atoms with Crippen LogP contribution in [0.1, 0.15) is 51.3 Å². The summed E-state index contributed by atoms with van der Waals surface area (Å²) in [5, 5.41) is 0. The molecule has 0 atom stereocenters. The van der Waals surface area contributed by atoms with Crippen LogP contribution < -0.4 is 0 Å². The van der Waals surface area contributed by atoms with E-state index in [0.29, 0.717) is 0 Å². The van der Waals surface area contributed by atoms with Crippen molar-refractivity contribution in [1.82, 2.24) is 0 Å². The lowest BCUT2D eigenvalue weighted by atomic mass is 9.79. The average Bonchev–Trinajstić information content (AvgIpc) is 2.25. The normalized spacial score (nSPS) is 12.2. The van der Waals surface area contributed by atoms with Crippen LogP contribution in [0.3, 0.4) is 0 Å². The van der Waals surface area contributed by atoms with E-state index in [2.05, 4.69) is 33.8 Å². The van der Waals surface area contributed by atoms with Crippen molar-refractivity contribution in [1.29, 1.82) is 0 Å². The Bertz CT molecular complexity index is 347. The molecule has 0 saturated heterocycles. The summed E-state index contributed by atoms with van der Waals surface area (Å²) in [5.74, 6) is 0.836. The van der Waals surface area contributed by atoms with Crippen molar-refractivity contribution in [3.8, 4) is 0 Å². The van der Waals surface area contributed by atoms with Crippen LogP contribution in [0.5, 0.6) is 0 Å². The van der Waals surface area contributed by atoms with E-state index < -0.39 is 0 Å². The Kier molecular flexibility index (Phi) is 4.12. The Morgan fingerprint density at radius 2 is 1.88 bits per heavy atom. The van der Waals surface area contributed by atoms with Gasteiger partial charge in [0.15, 0.2) is 0 Å². The molecule has 1 rings (SSSR count). The molecule has 1 aromatic carbocycles. The molecular formula is C15H22F. The number of rotatable bonds is 3. The molecule has 0 nitrogen and oxygen atoms in total. The van der Waals surface area contributed by atoms with E-state index in [-0.39, 0.29) is 12.1 Å². The van der Waals surface area contributed by atoms with Gasteiger partial charge >= 0.3 is 0 Å². The van der Waals surface area contributed by atoms with Gasteiger partial charge in [-0.05, 0) is 28.5 Å². The van der Waals surface area contributed by atoms with Gasteiger partial charge in [0, 0.05) is 5.92 Å². The van der Waals surface area contributed by atoms with Crippen LogP contribution in [-0.2, 0) is 11.8 Å². The van der Waals surface area contributed by atoms with Crippen LogP contribution in [-0.4, -0.2) is 6.67 Å². The third-order valence-corrected chi connectivity index (χ3v) is 3.00. The van der Waals surface area contributed by atoms with Gasteiger partial charge in [-0.1, -0.05) is 52.8 Å². The summed E-state index contributed by atoms with van der Waals surface area (Å²) in [7, 11) is 0. The maximum Gasteiger partial charge on any atom is 0.0997 e. The van der Waals surface area contributed by atoms with Gasteiger partial charge in [-0.2, -0.15) is 0 Å². The monoisotopic (exact) mass is 221 g/mol. The SMILES string of the molecule is CCc1c([C](C)CF)cccc1C(C)(C)C. The topological polar surface area (TPSA) is 0 Å². The van der Waals surface area contributed by atoms with Crippen LogP contribution in [0, 0.1) is 5.92 Å². The zero-order chi connectivity index (χ0) is 12.3. The summed E-state index contributed by atoms with van der Waals surface area (Å²) in [6.45, 7) is 10.3. The highest BCUT2D eigenvalue weighted by atomic mass is 19.1. The predicted molar refractivity (Wildman–Crippen MR) is 68.5 cm³/mol. The minimum Gasteiger partial charge on any atom is -0.250 e. The lowest BCUT2D eigenvalue weighted by molar-refractivity contribution is 0.514. The van der Waals surface area contributed by atoms with Gasteiger partial charge in [-0.15, -0.1) is 0 Å². The standard InChI is InChI=1S/C15H22F/c1-6-12-13(11(2)10-16)8-7-9-14(12)15(3,4)5/h7-9H,6,10H2,1-5H3. The van der Waals surface area contributed by atoms with Crippen molar-refractivity contribution in [3.05, 3.63) is 40.8 Å². The number of halogens is 1. The van der Waals surface area contributed by atoms with Gasteiger partial charge in [0.1, 0.15) is 0 Å². The quantitative estimate of drug-likeness (QED) is 0.707. The van der Waals surface area contributed by atoms with Gasteiger partial charge in [0.2, 0.25) is 0 Å². The van der Waals surface area contributed by atoms with E-state index in [9.17, 15) is 4.39 Å². The molecule has 0 aromatic heterocycles. The lowest BCUT2D eigenvalue weighted by Gasteiger charge is -2.25. The molecule has 89 valence electrons. The largest absolute Gasteiger partial charge is 0.250 e. The Morgan fingerprint density at radius 1 is 1.25 bits per heavy atom. The number of hydrogen-bond donors (Lipinski definition) is 0. The molecule has 0 aliphatic heterocycles. The van der Waals surface area contributed by atoms with Crippen molar-refractivity contribution in [3.63, 3.8) is 0 Å². The Labute approximate surface area is 98.9 Å². The van der Waals surface area contributed by atoms with E-state index in [1.165, 1.54) is 11.1 Å². The first kappa shape index (κ1) is 13.2. The van der Waals surface area contributed by atoms with Crippen molar-refractivity contribution >= 4 is 0 Å². The average molecular weight is 221 g/mol. The summed E-state index contributed by atoms with van der Waals surface area (Å²) in [5.41, 5.74) is 3.85. The number of benzene rings is 1. The molecule has 0 aliphatic rings. The summed E-state index contributed by atoms with van der Waals surface area (Å²) < 4.78 is 12.8. The molecule has 0 saturated carbocycles. The van der Waals surface area contributed by atoms with E-state index in [0.717, 1.165) is 17.9 Å². The molecule has 0 bridgehead atoms. The van der Waals surface area contributed by atoms with Gasteiger partial charge in [0.25, 0.3) is 0 Å². The molecule has 0 heterocycles. The molecule has 0 unspecified atom stereocenters. The number of hydrogen-bond acceptors (Lipinski definition) is 0. The fourth-order valence-corrected chi connectivity index (χ4v) is 2.14. The first-order valence-corrected chi connectivity index (χ1v) is 5.93. The van der Waals surface area contributed by atoms with Crippen molar-refractivity contribution < 1.29 is 4.39 Å². The van der Waals surface area contributed by atoms with Crippen LogP contribution in [0.25, 0.3) is 0 Å². The molecule has 1 heteroatoms. The van der Waals surface area contributed by atoms with Crippen LogP contribution in [0.15, 0.2) is 18.2 Å². The van der Waals surface area contributed by atoms with E-state index in [1.54, 1.807) is 0 Å². The van der Waals surface area contributed by atoms with Crippen molar-refractivity contribution in [2.45, 2.75) is 46.5 Å². The molecule has 1 radical (unpaired) electrons. The molecule has 1 aromatic rings. The maximum absolute atomic E-state index is 12.8. The minimum absolute atomic E-state index is 0.123. The van der Waals surface area contributed by atoms with Crippen molar-refractivity contribution in [2.75, 3.05) is 6.67 Å². The smallest absolute Gasteiger partial charge is 0.0997 e. The summed E-state index contributed by atoms with van der Waals surface area (Å²) in [6, 6.07) is 6.23. The van der Waals surface area contributed by atoms with Gasteiger partial charge in [0.05, 0.1) is 6.67 Å². The fourth-order valence-electron chi connectivity index (χ4n) is 2.14. The van der Waals surface area contributed by atoms with Crippen molar-refractivity contribution in [2.24, 2.45) is 0 Å². The maximum atomic E-state index is 12.8. The Hall–Kier alpha value is -0.850. The molecule has 0 N–H and O–H groups in total. The minimum atomic E-state index is -0.361. The third kappa shape index (κ3) is 2.63. The van der Waals surface area contributed by atoms with Crippen LogP contribution in [0.2, 0.25) is 0 Å². The van der Waals surface area contributed by atoms with E-state index in [4.69, 9.17) is 0 Å². The summed E-state index contributed by atoms with van der Waals surface area (Å²) in [4.78, 5) is 0. The molecular weight excluding hydrogens is 199 g/mol. The van der Waals surface area contributed by atoms with Gasteiger partial charge < -0.3 is 0 Å². The first-order valence-electron chi connectivity index (χ1n) is 5.93. The molecule has 0 spiro atoms. The number of alkyl halides is 1. The van der Waals surface area contributed by atoms with E-state index in [1.807, 2.05) is 19.1 Å². The summed E-state index contributed by atoms with van der Waals surface area (Å²) >= 11 is 0. The zero-order valence-electron chi connectivity index (χ0n) is 11.0. The summed E-state index contributed by atoms with van der Waals surface area (Å²) in [6.07, 6.45) is 0.958. The second-order valence-electron chi connectivity index (χ2n) is 5.35. The lowest BCUT2D eigenvalue weighted by Crippen LogP contribution is -2.16. The second-order valence-corrected chi connectivity index (χ2v) is 5.35. The Morgan fingerprint density at radius 3 is 2.31 bits per heavy atom. The highest BCUT2D eigenvalue weighted by Crippen LogP contribution is 2.31. The van der Waals surface area contributed by atoms with Crippen LogP contribution in [0.4, 0.5) is 4.39 Å². The van der Waals surface area contributed by atoms with Gasteiger partial charge in [-0.25, -0.2) is 0 Å². The highest BCUT2D eigenvalue weighted by Gasteiger charge is 2.20. The van der Waals surface area contributed by atoms with Crippen LogP contribution >= 0.6 is 0 Å². The molecule has 0 amide bonds. The fraction of sp³-hybridized carbons (Fsp3) is 0.533. The third-order valence-electron chi connectivity index (χ3n) is 3.00. The second kappa shape index (κ2) is 4.99. The molecule has 16 heavy (non-hydrogen) atoms. The predicted octanol–water partition coefficient (Wildman–Crippen LogP) is 4.46. The van der Waals surface area contributed by atoms with E-state index >= 15 is 0 Å². The highest BCUT2D eigenvalue weighted by molar-refractivity contribution is 5.45. The molecule has 0 fully saturated rings.